The Bertz CT molecular complexity index is 692. The van der Waals surface area contributed by atoms with Crippen molar-refractivity contribution in [2.24, 2.45) is 0 Å². The first-order valence-corrected chi connectivity index (χ1v) is 10.2. The smallest absolute Gasteiger partial charge is 0.226 e. The van der Waals surface area contributed by atoms with Gasteiger partial charge in [0.05, 0.1) is 6.10 Å². The predicted molar refractivity (Wildman–Crippen MR) is 109 cm³/mol. The SMILES string of the molecule is O[C@@H](CCNc1nc(N2CCCC2)cc(N2CCCC2)n1)c1ccccc1. The standard InChI is InChI=1S/C21H29N5O/c27-18(17-8-2-1-3-9-17)10-11-22-21-23-19(25-12-4-5-13-25)16-20(24-21)26-14-6-7-15-26/h1-3,8-9,16,18,27H,4-7,10-15H2,(H,22,23,24)/t18-/m0/s1. The average molecular weight is 367 g/mol. The summed E-state index contributed by atoms with van der Waals surface area (Å²) in [4.78, 5) is 14.2. The van der Waals surface area contributed by atoms with Gasteiger partial charge in [-0.1, -0.05) is 30.3 Å². The molecule has 0 radical (unpaired) electrons. The Hall–Kier alpha value is -2.34. The van der Waals surface area contributed by atoms with Gasteiger partial charge in [-0.15, -0.1) is 0 Å². The predicted octanol–water partition coefficient (Wildman–Crippen LogP) is 3.21. The van der Waals surface area contributed by atoms with Crippen LogP contribution in [0.15, 0.2) is 36.4 Å². The highest BCUT2D eigenvalue weighted by Crippen LogP contribution is 2.26. The molecular formula is C21H29N5O. The molecule has 2 saturated heterocycles. The molecule has 0 saturated carbocycles. The molecule has 0 bridgehead atoms. The van der Waals surface area contributed by atoms with E-state index in [2.05, 4.69) is 21.2 Å². The zero-order valence-electron chi connectivity index (χ0n) is 15.8. The van der Waals surface area contributed by atoms with Gasteiger partial charge in [0.25, 0.3) is 0 Å². The van der Waals surface area contributed by atoms with Crippen molar-refractivity contribution in [2.75, 3.05) is 47.8 Å². The maximum absolute atomic E-state index is 10.4. The van der Waals surface area contributed by atoms with E-state index in [1.165, 1.54) is 25.7 Å². The lowest BCUT2D eigenvalue weighted by molar-refractivity contribution is 0.171. The number of nitrogens with one attached hydrogen (secondary N) is 1. The largest absolute Gasteiger partial charge is 0.388 e. The summed E-state index contributed by atoms with van der Waals surface area (Å²) in [6.07, 6.45) is 5.08. The molecule has 1 atom stereocenters. The molecule has 2 N–H and O–H groups in total. The number of nitrogens with zero attached hydrogens (tertiary/aromatic N) is 4. The first-order valence-electron chi connectivity index (χ1n) is 10.2. The van der Waals surface area contributed by atoms with Gasteiger partial charge in [-0.2, -0.15) is 9.97 Å². The van der Waals surface area contributed by atoms with Crippen molar-refractivity contribution in [1.82, 2.24) is 9.97 Å². The quantitative estimate of drug-likeness (QED) is 0.783. The lowest BCUT2D eigenvalue weighted by Gasteiger charge is -2.22. The fraction of sp³-hybridized carbons (Fsp3) is 0.524. The van der Waals surface area contributed by atoms with Crippen molar-refractivity contribution in [1.29, 1.82) is 0 Å². The maximum Gasteiger partial charge on any atom is 0.226 e. The molecule has 1 aromatic heterocycles. The van der Waals surface area contributed by atoms with Crippen LogP contribution in [0.4, 0.5) is 17.6 Å². The molecule has 0 spiro atoms. The van der Waals surface area contributed by atoms with Gasteiger partial charge in [-0.05, 0) is 37.7 Å². The highest BCUT2D eigenvalue weighted by molar-refractivity contribution is 5.55. The van der Waals surface area contributed by atoms with E-state index < -0.39 is 6.10 Å². The van der Waals surface area contributed by atoms with E-state index in [4.69, 9.17) is 9.97 Å². The molecule has 2 aromatic rings. The van der Waals surface area contributed by atoms with Crippen LogP contribution < -0.4 is 15.1 Å². The third-order valence-corrected chi connectivity index (χ3v) is 5.44. The number of rotatable bonds is 7. The topological polar surface area (TPSA) is 64.5 Å². The van der Waals surface area contributed by atoms with Crippen LogP contribution >= 0.6 is 0 Å². The van der Waals surface area contributed by atoms with Crippen LogP contribution in [-0.4, -0.2) is 47.8 Å². The molecule has 0 aliphatic carbocycles. The van der Waals surface area contributed by atoms with Gasteiger partial charge in [0, 0.05) is 38.8 Å². The summed E-state index contributed by atoms with van der Waals surface area (Å²) in [7, 11) is 0. The molecule has 6 nitrogen and oxygen atoms in total. The molecule has 4 rings (SSSR count). The third-order valence-electron chi connectivity index (χ3n) is 5.44. The minimum atomic E-state index is -0.474. The molecule has 144 valence electrons. The van der Waals surface area contributed by atoms with Crippen LogP contribution in [0.1, 0.15) is 43.8 Å². The number of benzene rings is 1. The van der Waals surface area contributed by atoms with Gasteiger partial charge in [-0.25, -0.2) is 0 Å². The van der Waals surface area contributed by atoms with Crippen LogP contribution in [0.25, 0.3) is 0 Å². The monoisotopic (exact) mass is 367 g/mol. The lowest BCUT2D eigenvalue weighted by atomic mass is 10.1. The second kappa shape index (κ2) is 8.57. The van der Waals surface area contributed by atoms with E-state index in [1.54, 1.807) is 0 Å². The van der Waals surface area contributed by atoms with Crippen LogP contribution in [-0.2, 0) is 0 Å². The van der Waals surface area contributed by atoms with Crippen LogP contribution in [0.3, 0.4) is 0 Å². The summed E-state index contributed by atoms with van der Waals surface area (Å²) in [6.45, 7) is 4.93. The van der Waals surface area contributed by atoms with Crippen LogP contribution in [0.2, 0.25) is 0 Å². The average Bonchev–Trinajstić information content (AvgIpc) is 3.42. The van der Waals surface area contributed by atoms with E-state index in [-0.39, 0.29) is 0 Å². The Kier molecular flexibility index (Phi) is 5.72. The molecule has 0 amide bonds. The Balaban J connectivity index is 1.44. The first-order chi connectivity index (χ1) is 13.3. The van der Waals surface area contributed by atoms with Gasteiger partial charge in [0.2, 0.25) is 5.95 Å². The van der Waals surface area contributed by atoms with E-state index in [9.17, 15) is 5.11 Å². The summed E-state index contributed by atoms with van der Waals surface area (Å²) in [6, 6.07) is 11.9. The Labute approximate surface area is 161 Å². The fourth-order valence-electron chi connectivity index (χ4n) is 3.88. The number of aliphatic hydroxyl groups is 1. The summed E-state index contributed by atoms with van der Waals surface area (Å²) in [5, 5.41) is 13.7. The minimum Gasteiger partial charge on any atom is -0.388 e. The minimum absolute atomic E-state index is 0.474. The lowest BCUT2D eigenvalue weighted by Crippen LogP contribution is -2.24. The molecular weight excluding hydrogens is 338 g/mol. The van der Waals surface area contributed by atoms with E-state index >= 15 is 0 Å². The molecule has 2 aliphatic heterocycles. The number of aliphatic hydroxyl groups excluding tert-OH is 1. The van der Waals surface area contributed by atoms with Crippen molar-refractivity contribution < 1.29 is 5.11 Å². The second-order valence-corrected chi connectivity index (χ2v) is 7.44. The highest BCUT2D eigenvalue weighted by atomic mass is 16.3. The van der Waals surface area contributed by atoms with Gasteiger partial charge in [0.1, 0.15) is 11.6 Å². The molecule has 2 fully saturated rings. The van der Waals surface area contributed by atoms with E-state index in [0.29, 0.717) is 18.9 Å². The van der Waals surface area contributed by atoms with Gasteiger partial charge >= 0.3 is 0 Å². The summed E-state index contributed by atoms with van der Waals surface area (Å²) in [5.74, 6) is 2.72. The van der Waals surface area contributed by atoms with Gasteiger partial charge < -0.3 is 20.2 Å². The molecule has 2 aliphatic rings. The Morgan fingerprint density at radius 2 is 1.44 bits per heavy atom. The molecule has 0 unspecified atom stereocenters. The molecule has 1 aromatic carbocycles. The maximum atomic E-state index is 10.4. The number of anilines is 3. The Morgan fingerprint density at radius 3 is 2.00 bits per heavy atom. The van der Waals surface area contributed by atoms with Gasteiger partial charge in [-0.3, -0.25) is 0 Å². The Morgan fingerprint density at radius 1 is 0.889 bits per heavy atom. The van der Waals surface area contributed by atoms with Crippen LogP contribution in [0, 0.1) is 0 Å². The summed E-state index contributed by atoms with van der Waals surface area (Å²) in [5.41, 5.74) is 0.948. The number of aromatic nitrogens is 2. The number of hydrogen-bond acceptors (Lipinski definition) is 6. The second-order valence-electron chi connectivity index (χ2n) is 7.44. The molecule has 3 heterocycles. The highest BCUT2D eigenvalue weighted by Gasteiger charge is 2.20. The zero-order chi connectivity index (χ0) is 18.5. The van der Waals surface area contributed by atoms with Crippen molar-refractivity contribution >= 4 is 17.6 Å². The normalized spacial score (nSPS) is 18.1. The first kappa shape index (κ1) is 18.0. The van der Waals surface area contributed by atoms with Gasteiger partial charge in [0.15, 0.2) is 0 Å². The third kappa shape index (κ3) is 4.50. The summed E-state index contributed by atoms with van der Waals surface area (Å²) >= 11 is 0. The van der Waals surface area contributed by atoms with Crippen molar-refractivity contribution in [3.05, 3.63) is 42.0 Å². The fourth-order valence-corrected chi connectivity index (χ4v) is 3.88. The van der Waals surface area contributed by atoms with Crippen molar-refractivity contribution in [3.8, 4) is 0 Å². The van der Waals surface area contributed by atoms with E-state index in [0.717, 1.165) is 43.4 Å². The number of hydrogen-bond donors (Lipinski definition) is 2. The van der Waals surface area contributed by atoms with E-state index in [1.807, 2.05) is 30.3 Å². The molecule has 6 heteroatoms. The van der Waals surface area contributed by atoms with Crippen LogP contribution in [0.5, 0.6) is 0 Å². The van der Waals surface area contributed by atoms with Crippen molar-refractivity contribution in [3.63, 3.8) is 0 Å². The van der Waals surface area contributed by atoms with Crippen molar-refractivity contribution in [2.45, 2.75) is 38.2 Å². The molecule has 27 heavy (non-hydrogen) atoms. The zero-order valence-corrected chi connectivity index (χ0v) is 15.8. The summed E-state index contributed by atoms with van der Waals surface area (Å²) < 4.78 is 0.